The van der Waals surface area contributed by atoms with E-state index in [9.17, 15) is 4.79 Å². The molecule has 2 heterocycles. The van der Waals surface area contributed by atoms with Crippen molar-refractivity contribution in [2.75, 3.05) is 32.1 Å². The van der Waals surface area contributed by atoms with Gasteiger partial charge in [0.2, 0.25) is 0 Å². The van der Waals surface area contributed by atoms with Crippen molar-refractivity contribution < 1.29 is 33.3 Å². The number of carbonyl (C=O) groups excluding carboxylic acids is 1. The summed E-state index contributed by atoms with van der Waals surface area (Å²) in [5, 5.41) is 0.523. The van der Waals surface area contributed by atoms with Crippen LogP contribution < -0.4 is 28.9 Å². The third-order valence-corrected chi connectivity index (χ3v) is 5.77. The lowest BCUT2D eigenvalue weighted by atomic mass is 9.88. The van der Waals surface area contributed by atoms with Crippen molar-refractivity contribution in [3.63, 3.8) is 0 Å². The summed E-state index contributed by atoms with van der Waals surface area (Å²) in [4.78, 5) is 15.3. The topological polar surface area (TPSA) is 20.3 Å². The molecule has 2 aromatic carbocycles. The van der Waals surface area contributed by atoms with Crippen molar-refractivity contribution in [2.45, 2.75) is 18.4 Å². The maximum absolute atomic E-state index is 13.3. The second kappa shape index (κ2) is 6.89. The van der Waals surface area contributed by atoms with E-state index < -0.39 is 0 Å². The number of para-hydroxylation sites is 1. The van der Waals surface area contributed by atoms with Gasteiger partial charge in [0, 0.05) is 12.1 Å². The van der Waals surface area contributed by atoms with Crippen molar-refractivity contribution in [3.05, 3.63) is 64.7 Å². The quantitative estimate of drug-likeness (QED) is 0.451. The van der Waals surface area contributed by atoms with Crippen molar-refractivity contribution in [3.8, 4) is 0 Å². The lowest BCUT2D eigenvalue weighted by molar-refractivity contribution is -0.896. The van der Waals surface area contributed by atoms with Crippen LogP contribution in [0.3, 0.4) is 0 Å². The summed E-state index contributed by atoms with van der Waals surface area (Å²) < 4.78 is 1.00. The zero-order valence-electron chi connectivity index (χ0n) is 14.5. The molecule has 25 heavy (non-hydrogen) atoms. The Balaban J connectivity index is 0.00000182. The molecule has 2 aromatic rings. The summed E-state index contributed by atoms with van der Waals surface area (Å²) in [7, 11) is 4.55. The fraction of sp³-hybridized carbons (Fsp3) is 0.350. The van der Waals surface area contributed by atoms with E-state index in [0.29, 0.717) is 16.5 Å². The van der Waals surface area contributed by atoms with Crippen molar-refractivity contribution in [2.24, 2.45) is 0 Å². The summed E-state index contributed by atoms with van der Waals surface area (Å²) in [6, 6.07) is 15.9. The Hall–Kier alpha value is -1.11. The largest absolute Gasteiger partial charge is 1.00 e. The predicted molar refractivity (Wildman–Crippen MR) is 97.7 cm³/mol. The van der Waals surface area contributed by atoms with E-state index in [4.69, 9.17) is 11.6 Å². The summed E-state index contributed by atoms with van der Waals surface area (Å²) in [5.74, 6) is 0.421. The van der Waals surface area contributed by atoms with Crippen LogP contribution in [0.25, 0.3) is 0 Å². The van der Waals surface area contributed by atoms with E-state index in [1.54, 1.807) is 6.07 Å². The number of hydrogen-bond acceptors (Lipinski definition) is 1. The number of hydrogen-bond donors (Lipinski definition) is 0. The molecule has 4 rings (SSSR count). The van der Waals surface area contributed by atoms with Gasteiger partial charge in [0.25, 0.3) is 5.91 Å². The molecule has 132 valence electrons. The number of anilines is 1. The number of halogens is 2. The number of carbonyl (C=O) groups is 1. The Kier molecular flexibility index (Phi) is 5.15. The summed E-state index contributed by atoms with van der Waals surface area (Å²) in [6.45, 7) is 2.15. The standard InChI is InChI=1S/C20H22ClN2O.HI/c1-23(2)12-11-19-16(13-23)14-7-4-6-10-18(14)22(19)20(24)15-8-3-5-9-17(15)21;/h3-10,16,19H,11-13H2,1-2H3;1H/q+1;/p-1. The number of quaternary nitrogens is 1. The summed E-state index contributed by atoms with van der Waals surface area (Å²) in [5.41, 5.74) is 2.95. The van der Waals surface area contributed by atoms with Gasteiger partial charge in [-0.05, 0) is 23.8 Å². The molecule has 3 nitrogen and oxygen atoms in total. The maximum atomic E-state index is 13.3. The second-order valence-corrected chi connectivity index (χ2v) is 7.93. The third kappa shape index (κ3) is 3.20. The average molecular weight is 469 g/mol. The van der Waals surface area contributed by atoms with Gasteiger partial charge in [-0.15, -0.1) is 0 Å². The van der Waals surface area contributed by atoms with Crippen molar-refractivity contribution in [1.82, 2.24) is 0 Å². The molecule has 1 saturated heterocycles. The molecule has 2 aliphatic heterocycles. The van der Waals surface area contributed by atoms with Gasteiger partial charge in [0.05, 0.1) is 49.7 Å². The van der Waals surface area contributed by atoms with Gasteiger partial charge >= 0.3 is 0 Å². The van der Waals surface area contributed by atoms with E-state index in [2.05, 4.69) is 32.3 Å². The molecule has 0 aliphatic carbocycles. The Morgan fingerprint density at radius 2 is 1.80 bits per heavy atom. The van der Waals surface area contributed by atoms with Gasteiger partial charge < -0.3 is 33.4 Å². The molecule has 0 spiro atoms. The minimum Gasteiger partial charge on any atom is -1.00 e. The third-order valence-electron chi connectivity index (χ3n) is 5.44. The van der Waals surface area contributed by atoms with Crippen molar-refractivity contribution in [1.29, 1.82) is 0 Å². The highest BCUT2D eigenvalue weighted by Gasteiger charge is 2.47. The van der Waals surface area contributed by atoms with Gasteiger partial charge in [-0.1, -0.05) is 41.9 Å². The van der Waals surface area contributed by atoms with Crippen LogP contribution >= 0.6 is 11.6 Å². The Bertz CT molecular complexity index is 808. The highest BCUT2D eigenvalue weighted by Crippen LogP contribution is 2.46. The van der Waals surface area contributed by atoms with E-state index in [1.165, 1.54) is 5.56 Å². The van der Waals surface area contributed by atoms with Crippen LogP contribution in [-0.2, 0) is 0 Å². The number of piperidine rings is 1. The lowest BCUT2D eigenvalue weighted by Crippen LogP contribution is -3.00. The molecular weight excluding hydrogens is 447 g/mol. The molecule has 0 aromatic heterocycles. The zero-order chi connectivity index (χ0) is 16.9. The molecule has 2 aliphatic rings. The minimum atomic E-state index is 0. The first kappa shape index (κ1) is 18.7. The maximum Gasteiger partial charge on any atom is 0.260 e. The van der Waals surface area contributed by atoms with Gasteiger partial charge in [-0.2, -0.15) is 0 Å². The molecule has 0 N–H and O–H groups in total. The number of nitrogens with zero attached hydrogens (tertiary/aromatic N) is 2. The fourth-order valence-corrected chi connectivity index (χ4v) is 4.48. The number of likely N-dealkylation sites (N-methyl/N-ethyl adjacent to an activating group) is 1. The van der Waals surface area contributed by atoms with E-state index >= 15 is 0 Å². The first-order valence-electron chi connectivity index (χ1n) is 8.47. The first-order chi connectivity index (χ1) is 11.5. The highest BCUT2D eigenvalue weighted by atomic mass is 127. The molecular formula is C20H22ClIN2O. The van der Waals surface area contributed by atoms with Crippen molar-refractivity contribution >= 4 is 23.2 Å². The number of fused-ring (bicyclic) bond motifs is 3. The Morgan fingerprint density at radius 3 is 2.56 bits per heavy atom. The molecule has 2 unspecified atom stereocenters. The Labute approximate surface area is 171 Å². The molecule has 1 amide bonds. The first-order valence-corrected chi connectivity index (χ1v) is 8.85. The van der Waals surface area contributed by atoms with Gasteiger partial charge in [0.1, 0.15) is 0 Å². The van der Waals surface area contributed by atoms with Gasteiger partial charge in [0.15, 0.2) is 0 Å². The molecule has 1 fully saturated rings. The van der Waals surface area contributed by atoms with Crippen LogP contribution in [0, 0.1) is 0 Å². The van der Waals surface area contributed by atoms with Crippen LogP contribution in [0.15, 0.2) is 48.5 Å². The number of benzene rings is 2. The number of likely N-dealkylation sites (tertiary alicyclic amines) is 1. The van der Waals surface area contributed by atoms with Gasteiger partial charge in [-0.25, -0.2) is 0 Å². The molecule has 0 bridgehead atoms. The van der Waals surface area contributed by atoms with Crippen LogP contribution in [0.1, 0.15) is 28.3 Å². The van der Waals surface area contributed by atoms with E-state index in [1.807, 2.05) is 29.2 Å². The highest BCUT2D eigenvalue weighted by molar-refractivity contribution is 6.34. The molecule has 5 heteroatoms. The van der Waals surface area contributed by atoms with Crippen LogP contribution in [0.4, 0.5) is 5.69 Å². The molecule has 2 atom stereocenters. The van der Waals surface area contributed by atoms with Crippen LogP contribution in [0.5, 0.6) is 0 Å². The monoisotopic (exact) mass is 468 g/mol. The Morgan fingerprint density at radius 1 is 1.12 bits per heavy atom. The van der Waals surface area contributed by atoms with E-state index in [0.717, 1.165) is 29.7 Å². The summed E-state index contributed by atoms with van der Waals surface area (Å²) >= 11 is 6.29. The molecule has 0 radical (unpaired) electrons. The average Bonchev–Trinajstić information content (AvgIpc) is 2.87. The minimum absolute atomic E-state index is 0. The SMILES string of the molecule is C[N+]1(C)CCC2C(C1)c1ccccc1N2C(=O)c1ccccc1Cl.[I-]. The van der Waals surface area contributed by atoms with Gasteiger partial charge in [-0.3, -0.25) is 4.79 Å². The fourth-order valence-electron chi connectivity index (χ4n) is 4.27. The van der Waals surface area contributed by atoms with Crippen LogP contribution in [-0.4, -0.2) is 43.6 Å². The lowest BCUT2D eigenvalue weighted by Gasteiger charge is -2.41. The predicted octanol–water partition coefficient (Wildman–Crippen LogP) is 0.937. The smallest absolute Gasteiger partial charge is 0.260 e. The van der Waals surface area contributed by atoms with E-state index in [-0.39, 0.29) is 35.9 Å². The number of rotatable bonds is 1. The van der Waals surface area contributed by atoms with Crippen LogP contribution in [0.2, 0.25) is 5.02 Å². The molecule has 0 saturated carbocycles. The number of amides is 1. The zero-order valence-corrected chi connectivity index (χ0v) is 17.4. The summed E-state index contributed by atoms with van der Waals surface area (Å²) in [6.07, 6.45) is 1.02. The normalized spacial score (nSPS) is 23.4. The second-order valence-electron chi connectivity index (χ2n) is 7.52.